The molecule has 0 radical (unpaired) electrons. The largest absolute Gasteiger partial charge is 0.444 e. The fourth-order valence-electron chi connectivity index (χ4n) is 2.96. The highest BCUT2D eigenvalue weighted by molar-refractivity contribution is 7.92. The van der Waals surface area contributed by atoms with Crippen LogP contribution < -0.4 is 5.32 Å². The number of aryl methyl sites for hydroxylation is 1. The van der Waals surface area contributed by atoms with Gasteiger partial charge in [-0.15, -0.1) is 0 Å². The van der Waals surface area contributed by atoms with E-state index in [1.165, 1.54) is 0 Å². The van der Waals surface area contributed by atoms with Crippen molar-refractivity contribution in [1.82, 2.24) is 15.1 Å². The third kappa shape index (κ3) is 3.19. The zero-order valence-electron chi connectivity index (χ0n) is 15.0. The van der Waals surface area contributed by atoms with Gasteiger partial charge in [-0.2, -0.15) is 5.10 Å². The van der Waals surface area contributed by atoms with Gasteiger partial charge in [0, 0.05) is 12.1 Å². The lowest BCUT2D eigenvalue weighted by Gasteiger charge is -2.19. The molecular weight excluding hydrogens is 378 g/mol. The average molecular weight is 398 g/mol. The highest BCUT2D eigenvalue weighted by atomic mass is 35.5. The van der Waals surface area contributed by atoms with Gasteiger partial charge < -0.3 is 10.1 Å². The molecule has 9 heteroatoms. The number of hydrogen-bond acceptors (Lipinski definition) is 5. The van der Waals surface area contributed by atoms with Crippen molar-refractivity contribution in [2.45, 2.75) is 49.6 Å². The second-order valence-electron chi connectivity index (χ2n) is 7.03. The molecule has 0 saturated carbocycles. The van der Waals surface area contributed by atoms with Crippen LogP contribution in [0.5, 0.6) is 0 Å². The summed E-state index contributed by atoms with van der Waals surface area (Å²) in [5.41, 5.74) is 0.859. The van der Waals surface area contributed by atoms with Gasteiger partial charge in [0.25, 0.3) is 0 Å². The van der Waals surface area contributed by atoms with Crippen molar-refractivity contribution in [3.63, 3.8) is 0 Å². The van der Waals surface area contributed by atoms with Crippen molar-refractivity contribution >= 4 is 27.5 Å². The van der Waals surface area contributed by atoms with Crippen LogP contribution in [0.4, 0.5) is 4.79 Å². The minimum absolute atomic E-state index is 0.117. The molecule has 0 fully saturated rings. The van der Waals surface area contributed by atoms with E-state index in [1.807, 2.05) is 0 Å². The molecule has 0 aliphatic carbocycles. The van der Waals surface area contributed by atoms with E-state index in [1.54, 1.807) is 50.6 Å². The Hall–Kier alpha value is -2.06. The third-order valence-corrected chi connectivity index (χ3v) is 6.25. The summed E-state index contributed by atoms with van der Waals surface area (Å²) in [5, 5.41) is 7.17. The van der Waals surface area contributed by atoms with Crippen molar-refractivity contribution < 1.29 is 17.9 Å². The number of hydrogen-bond donors (Lipinski definition) is 1. The number of ether oxygens (including phenoxy) is 1. The summed E-state index contributed by atoms with van der Waals surface area (Å²) in [6, 6.07) is 4.97. The summed E-state index contributed by atoms with van der Waals surface area (Å²) in [6.07, 6.45) is -0.533. The molecule has 1 N–H and O–H groups in total. The average Bonchev–Trinajstić information content (AvgIpc) is 2.93. The van der Waals surface area contributed by atoms with Crippen LogP contribution in [0, 0.1) is 6.92 Å². The van der Waals surface area contributed by atoms with Crippen molar-refractivity contribution in [2.75, 3.05) is 6.54 Å². The Morgan fingerprint density at radius 1 is 1.31 bits per heavy atom. The summed E-state index contributed by atoms with van der Waals surface area (Å²) in [6.45, 7) is 7.54. The van der Waals surface area contributed by atoms with Crippen LogP contribution in [0.3, 0.4) is 0 Å². The van der Waals surface area contributed by atoms with Crippen LogP contribution in [0.1, 0.15) is 26.5 Å². The maximum atomic E-state index is 12.8. The Labute approximate surface area is 157 Å². The van der Waals surface area contributed by atoms with Crippen LogP contribution in [0.15, 0.2) is 28.0 Å². The van der Waals surface area contributed by atoms with Gasteiger partial charge in [0.15, 0.2) is 0 Å². The number of aromatic nitrogens is 2. The van der Waals surface area contributed by atoms with Crippen molar-refractivity contribution in [2.24, 2.45) is 0 Å². The maximum Gasteiger partial charge on any atom is 0.407 e. The lowest BCUT2D eigenvalue weighted by Crippen LogP contribution is -2.34. The van der Waals surface area contributed by atoms with Gasteiger partial charge in [0.1, 0.15) is 10.5 Å². The van der Waals surface area contributed by atoms with E-state index in [-0.39, 0.29) is 21.4 Å². The number of nitrogens with one attached hydrogen (secondary N) is 1. The first kappa shape index (κ1) is 18.7. The minimum atomic E-state index is -3.70. The van der Waals surface area contributed by atoms with E-state index < -0.39 is 21.5 Å². The third-order valence-electron chi connectivity index (χ3n) is 3.82. The molecule has 1 aliphatic rings. The van der Waals surface area contributed by atoms with Crippen LogP contribution >= 0.6 is 11.6 Å². The molecule has 1 aliphatic heterocycles. The Kier molecular flexibility index (Phi) is 4.52. The molecule has 2 heterocycles. The fourth-order valence-corrected chi connectivity index (χ4v) is 5.32. The molecule has 140 valence electrons. The Bertz CT molecular complexity index is 990. The summed E-state index contributed by atoms with van der Waals surface area (Å²) in [4.78, 5) is 12.1. The Morgan fingerprint density at radius 3 is 2.65 bits per heavy atom. The first-order valence-corrected chi connectivity index (χ1v) is 9.97. The van der Waals surface area contributed by atoms with Crippen molar-refractivity contribution in [3.05, 3.63) is 28.9 Å². The van der Waals surface area contributed by atoms with E-state index >= 15 is 0 Å². The zero-order valence-corrected chi connectivity index (χ0v) is 16.5. The fraction of sp³-hybridized carbons (Fsp3) is 0.412. The number of carbonyl (C=O) groups excluding carboxylic acids is 1. The molecule has 7 nitrogen and oxygen atoms in total. The van der Waals surface area contributed by atoms with Gasteiger partial charge in [-0.3, -0.25) is 4.68 Å². The highest BCUT2D eigenvalue weighted by Crippen LogP contribution is 2.47. The number of sulfone groups is 1. The minimum Gasteiger partial charge on any atom is -0.444 e. The monoisotopic (exact) mass is 397 g/mol. The number of fused-ring (bicyclic) bond motifs is 3. The topological polar surface area (TPSA) is 90.3 Å². The predicted molar refractivity (Wildman–Crippen MR) is 97.1 cm³/mol. The molecule has 0 spiro atoms. The molecule has 3 rings (SSSR count). The Morgan fingerprint density at radius 2 is 2.00 bits per heavy atom. The van der Waals surface area contributed by atoms with Crippen LogP contribution in [-0.2, 0) is 21.1 Å². The van der Waals surface area contributed by atoms with Crippen molar-refractivity contribution in [3.8, 4) is 11.3 Å². The summed E-state index contributed by atoms with van der Waals surface area (Å²) in [7, 11) is -3.70. The molecule has 2 aromatic rings. The van der Waals surface area contributed by atoms with Crippen LogP contribution in [-0.4, -0.2) is 36.4 Å². The zero-order chi connectivity index (χ0) is 19.3. The lowest BCUT2D eigenvalue weighted by atomic mass is 10.1. The van der Waals surface area contributed by atoms with E-state index in [9.17, 15) is 13.2 Å². The second-order valence-corrected chi connectivity index (χ2v) is 9.27. The summed E-state index contributed by atoms with van der Waals surface area (Å²) < 4.78 is 32.5. The van der Waals surface area contributed by atoms with Gasteiger partial charge in [0.2, 0.25) is 9.84 Å². The van der Waals surface area contributed by atoms with Crippen molar-refractivity contribution in [1.29, 1.82) is 0 Å². The maximum absolute atomic E-state index is 12.8. The molecule has 26 heavy (non-hydrogen) atoms. The first-order valence-electron chi connectivity index (χ1n) is 8.10. The first-order chi connectivity index (χ1) is 12.0. The van der Waals surface area contributed by atoms with Gasteiger partial charge >= 0.3 is 6.09 Å². The normalized spacial score (nSPS) is 14.7. The van der Waals surface area contributed by atoms with Crippen LogP contribution in [0.25, 0.3) is 11.3 Å². The summed E-state index contributed by atoms with van der Waals surface area (Å²) >= 11 is 6.13. The van der Waals surface area contributed by atoms with Crippen LogP contribution in [0.2, 0.25) is 5.02 Å². The quantitative estimate of drug-likeness (QED) is 0.732. The van der Waals surface area contributed by atoms with E-state index in [0.717, 1.165) is 0 Å². The smallest absolute Gasteiger partial charge is 0.407 e. The molecule has 1 amide bonds. The van der Waals surface area contributed by atoms with Gasteiger partial charge in [-0.05, 0) is 33.8 Å². The SMILES string of the molecule is Cc1nn(CCNC(=O)OC(C)(C)C)c2c1S(=O)(=O)c1c(Cl)cccc1-2. The number of benzene rings is 1. The molecular formula is C17H20ClN3O4S. The lowest BCUT2D eigenvalue weighted by molar-refractivity contribution is 0.0525. The van der Waals surface area contributed by atoms with Gasteiger partial charge in [0.05, 0.1) is 27.9 Å². The van der Waals surface area contributed by atoms with Gasteiger partial charge in [-0.25, -0.2) is 13.2 Å². The predicted octanol–water partition coefficient (Wildman–Crippen LogP) is 3.18. The number of carbonyl (C=O) groups is 1. The molecule has 0 saturated heterocycles. The number of amides is 1. The molecule has 0 bridgehead atoms. The summed E-state index contributed by atoms with van der Waals surface area (Å²) in [5.74, 6) is 0. The van der Waals surface area contributed by atoms with Gasteiger partial charge in [-0.1, -0.05) is 23.7 Å². The molecule has 0 atom stereocenters. The second kappa shape index (κ2) is 6.28. The molecule has 0 unspecified atom stereocenters. The highest BCUT2D eigenvalue weighted by Gasteiger charge is 2.40. The number of alkyl carbamates (subject to hydrolysis) is 1. The standard InChI is InChI=1S/C17H20ClN3O4S/c1-10-14-13(11-6-5-7-12(18)15(11)26(14,23)24)21(20-10)9-8-19-16(22)25-17(2,3)4/h5-7H,8-9H2,1-4H3,(H,19,22). The van der Waals surface area contributed by atoms with E-state index in [4.69, 9.17) is 16.3 Å². The van der Waals surface area contributed by atoms with E-state index in [0.29, 0.717) is 23.5 Å². The Balaban J connectivity index is 1.88. The molecule has 1 aromatic heterocycles. The van der Waals surface area contributed by atoms with E-state index in [2.05, 4.69) is 10.4 Å². The molecule has 1 aromatic carbocycles. The number of halogens is 1. The number of rotatable bonds is 3. The number of nitrogens with zero attached hydrogens (tertiary/aromatic N) is 2.